The Labute approximate surface area is 164 Å². The number of carbonyl (C=O) groups is 2. The van der Waals surface area contributed by atoms with Crippen molar-refractivity contribution in [1.82, 2.24) is 0 Å². The third-order valence-electron chi connectivity index (χ3n) is 3.63. The molecule has 0 aliphatic rings. The van der Waals surface area contributed by atoms with E-state index in [2.05, 4.69) is 0 Å². The van der Waals surface area contributed by atoms with Crippen molar-refractivity contribution in [2.45, 2.75) is 0 Å². The molecule has 0 radical (unpaired) electrons. The van der Waals surface area contributed by atoms with E-state index < -0.39 is 11.9 Å². The second kappa shape index (κ2) is 11.2. The largest absolute Gasteiger partial charge is 0.497 e. The molecule has 0 bridgehead atoms. The molecule has 2 aromatic carbocycles. The minimum atomic E-state index is -0.513. The van der Waals surface area contributed by atoms with Crippen LogP contribution in [0.5, 0.6) is 11.5 Å². The molecule has 0 amide bonds. The van der Waals surface area contributed by atoms with E-state index in [4.69, 9.17) is 18.9 Å². The van der Waals surface area contributed by atoms with Crippen molar-refractivity contribution in [1.29, 1.82) is 0 Å². The highest BCUT2D eigenvalue weighted by atomic mass is 16.6. The molecule has 2 aromatic rings. The Balaban J connectivity index is 1.66. The quantitative estimate of drug-likeness (QED) is 0.375. The summed E-state index contributed by atoms with van der Waals surface area (Å²) in [7, 11) is 3.17. The van der Waals surface area contributed by atoms with Crippen LogP contribution in [0, 0.1) is 0 Å². The van der Waals surface area contributed by atoms with Crippen LogP contribution in [-0.4, -0.2) is 39.4 Å². The SMILES string of the molecule is COc1ccc(/C=C\C(=O)OCCOC(=O)/C=C/c2ccc(OC)cc2)cc1. The highest BCUT2D eigenvalue weighted by molar-refractivity contribution is 5.87. The van der Waals surface area contributed by atoms with Crippen molar-refractivity contribution in [2.75, 3.05) is 27.4 Å². The maximum absolute atomic E-state index is 11.6. The summed E-state index contributed by atoms with van der Waals surface area (Å²) >= 11 is 0. The Bertz CT molecular complexity index is 748. The van der Waals surface area contributed by atoms with E-state index in [9.17, 15) is 9.59 Å². The Morgan fingerprint density at radius 3 is 1.36 bits per heavy atom. The molecule has 0 atom stereocenters. The summed E-state index contributed by atoms with van der Waals surface area (Å²) in [5.41, 5.74) is 1.68. The topological polar surface area (TPSA) is 71.1 Å². The van der Waals surface area contributed by atoms with Gasteiger partial charge in [0.05, 0.1) is 14.2 Å². The van der Waals surface area contributed by atoms with Crippen LogP contribution >= 0.6 is 0 Å². The van der Waals surface area contributed by atoms with Crippen LogP contribution in [0.15, 0.2) is 60.7 Å². The molecule has 0 fully saturated rings. The van der Waals surface area contributed by atoms with Crippen molar-refractivity contribution < 1.29 is 28.5 Å². The molecule has 0 heterocycles. The second-order valence-corrected chi connectivity index (χ2v) is 5.55. The molecule has 0 aromatic heterocycles. The van der Waals surface area contributed by atoms with Gasteiger partial charge in [-0.05, 0) is 47.5 Å². The smallest absolute Gasteiger partial charge is 0.330 e. The Morgan fingerprint density at radius 2 is 1.04 bits per heavy atom. The highest BCUT2D eigenvalue weighted by Gasteiger charge is 2.01. The molecular weight excluding hydrogens is 360 g/mol. The normalized spacial score (nSPS) is 10.8. The maximum atomic E-state index is 11.6. The Morgan fingerprint density at radius 1 is 0.679 bits per heavy atom. The van der Waals surface area contributed by atoms with Crippen molar-refractivity contribution >= 4 is 24.1 Å². The van der Waals surface area contributed by atoms with Gasteiger partial charge < -0.3 is 18.9 Å². The van der Waals surface area contributed by atoms with Gasteiger partial charge in [-0.2, -0.15) is 0 Å². The van der Waals surface area contributed by atoms with Gasteiger partial charge in [0.15, 0.2) is 0 Å². The van der Waals surface area contributed by atoms with Crippen LogP contribution in [0.2, 0.25) is 0 Å². The van der Waals surface area contributed by atoms with Gasteiger partial charge in [0.1, 0.15) is 24.7 Å². The minimum absolute atomic E-state index is 0.0199. The van der Waals surface area contributed by atoms with Crippen molar-refractivity contribution in [2.24, 2.45) is 0 Å². The molecule has 146 valence electrons. The van der Waals surface area contributed by atoms with E-state index in [1.54, 1.807) is 50.6 Å². The predicted molar refractivity (Wildman–Crippen MR) is 106 cm³/mol. The first kappa shape index (κ1) is 20.8. The fraction of sp³-hybridized carbons (Fsp3) is 0.182. The molecule has 0 unspecified atom stereocenters. The van der Waals surface area contributed by atoms with Crippen LogP contribution in [0.3, 0.4) is 0 Å². The summed E-state index contributed by atoms with van der Waals surface area (Å²) in [5.74, 6) is 0.450. The number of hydrogen-bond acceptors (Lipinski definition) is 6. The third-order valence-corrected chi connectivity index (χ3v) is 3.63. The highest BCUT2D eigenvalue weighted by Crippen LogP contribution is 2.13. The number of benzene rings is 2. The number of rotatable bonds is 9. The fourth-order valence-electron chi connectivity index (χ4n) is 2.14. The standard InChI is InChI=1S/C22H22O6/c1-25-19-9-3-17(4-10-19)7-13-21(23)27-15-16-28-22(24)14-8-18-5-11-20(26-2)12-6-18/h3-14H,15-16H2,1-2H3/b13-7-,14-8+. The molecule has 0 aliphatic carbocycles. The summed E-state index contributed by atoms with van der Waals surface area (Å²) in [5, 5.41) is 0. The average molecular weight is 382 g/mol. The minimum Gasteiger partial charge on any atom is -0.497 e. The van der Waals surface area contributed by atoms with Gasteiger partial charge in [-0.3, -0.25) is 0 Å². The first-order valence-electron chi connectivity index (χ1n) is 8.58. The van der Waals surface area contributed by atoms with Gasteiger partial charge in [-0.1, -0.05) is 24.3 Å². The second-order valence-electron chi connectivity index (χ2n) is 5.55. The van der Waals surface area contributed by atoms with Crippen LogP contribution < -0.4 is 9.47 Å². The molecule has 0 saturated carbocycles. The molecule has 2 rings (SSSR count). The molecule has 6 heteroatoms. The summed E-state index contributed by atoms with van der Waals surface area (Å²) in [6.45, 7) is -0.0399. The number of hydrogen-bond donors (Lipinski definition) is 0. The first-order chi connectivity index (χ1) is 13.6. The van der Waals surface area contributed by atoms with Gasteiger partial charge in [-0.15, -0.1) is 0 Å². The lowest BCUT2D eigenvalue weighted by molar-refractivity contribution is -0.145. The van der Waals surface area contributed by atoms with Crippen molar-refractivity contribution in [3.05, 3.63) is 71.8 Å². The average Bonchev–Trinajstić information content (AvgIpc) is 2.74. The Hall–Kier alpha value is -3.54. The molecule has 6 nitrogen and oxygen atoms in total. The number of methoxy groups -OCH3 is 2. The zero-order valence-electron chi connectivity index (χ0n) is 15.8. The molecule has 0 N–H and O–H groups in total. The van der Waals surface area contributed by atoms with Crippen LogP contribution in [-0.2, 0) is 19.1 Å². The maximum Gasteiger partial charge on any atom is 0.330 e. The summed E-state index contributed by atoms with van der Waals surface area (Å²) < 4.78 is 20.1. The monoisotopic (exact) mass is 382 g/mol. The van der Waals surface area contributed by atoms with E-state index >= 15 is 0 Å². The lowest BCUT2D eigenvalue weighted by Crippen LogP contribution is -2.11. The van der Waals surface area contributed by atoms with Gasteiger partial charge in [-0.25, -0.2) is 9.59 Å². The molecule has 0 saturated heterocycles. The predicted octanol–water partition coefficient (Wildman–Crippen LogP) is 3.52. The van der Waals surface area contributed by atoms with Gasteiger partial charge in [0.2, 0.25) is 0 Å². The summed E-state index contributed by atoms with van der Waals surface area (Å²) in [6, 6.07) is 14.5. The van der Waals surface area contributed by atoms with Crippen LogP contribution in [0.4, 0.5) is 0 Å². The lowest BCUT2D eigenvalue weighted by atomic mass is 10.2. The van der Waals surface area contributed by atoms with E-state index in [0.717, 1.165) is 22.6 Å². The molecule has 28 heavy (non-hydrogen) atoms. The summed E-state index contributed by atoms with van der Waals surface area (Å²) in [6.07, 6.45) is 5.89. The summed E-state index contributed by atoms with van der Waals surface area (Å²) in [4.78, 5) is 23.3. The fourth-order valence-corrected chi connectivity index (χ4v) is 2.14. The molecular formula is C22H22O6. The number of ether oxygens (including phenoxy) is 4. The van der Waals surface area contributed by atoms with Crippen LogP contribution in [0.1, 0.15) is 11.1 Å². The van der Waals surface area contributed by atoms with E-state index in [1.165, 1.54) is 12.2 Å². The van der Waals surface area contributed by atoms with Gasteiger partial charge >= 0.3 is 11.9 Å². The molecule has 0 spiro atoms. The van der Waals surface area contributed by atoms with Crippen molar-refractivity contribution in [3.63, 3.8) is 0 Å². The zero-order chi connectivity index (χ0) is 20.2. The van der Waals surface area contributed by atoms with Crippen molar-refractivity contribution in [3.8, 4) is 11.5 Å². The Kier molecular flexibility index (Phi) is 8.33. The van der Waals surface area contributed by atoms with E-state index in [0.29, 0.717) is 0 Å². The first-order valence-corrected chi connectivity index (χ1v) is 8.58. The van der Waals surface area contributed by atoms with E-state index in [-0.39, 0.29) is 13.2 Å². The molecule has 0 aliphatic heterocycles. The van der Waals surface area contributed by atoms with E-state index in [1.807, 2.05) is 24.3 Å². The van der Waals surface area contributed by atoms with Gasteiger partial charge in [0, 0.05) is 12.2 Å². The number of carbonyl (C=O) groups excluding carboxylic acids is 2. The number of esters is 2. The third kappa shape index (κ3) is 7.37. The lowest BCUT2D eigenvalue weighted by Gasteiger charge is -2.03. The van der Waals surface area contributed by atoms with Crippen LogP contribution in [0.25, 0.3) is 12.2 Å². The van der Waals surface area contributed by atoms with Gasteiger partial charge in [0.25, 0.3) is 0 Å². The zero-order valence-corrected chi connectivity index (χ0v) is 15.8.